The smallest absolute Gasteiger partial charge is 0.410 e. The highest BCUT2D eigenvalue weighted by atomic mass is 16.6. The Kier molecular flexibility index (Phi) is 4.19. The molecule has 1 amide bonds. The van der Waals surface area contributed by atoms with Crippen molar-refractivity contribution in [2.24, 2.45) is 5.73 Å². The Morgan fingerprint density at radius 3 is 2.62 bits per heavy atom. The van der Waals surface area contributed by atoms with E-state index in [1.807, 2.05) is 25.7 Å². The summed E-state index contributed by atoms with van der Waals surface area (Å²) in [6.07, 6.45) is 2.49. The molecule has 1 aliphatic rings. The zero-order chi connectivity index (χ0) is 12.3. The normalized spacial score (nSPS) is 26.7. The first-order valence-electron chi connectivity index (χ1n) is 6.08. The maximum Gasteiger partial charge on any atom is 0.410 e. The predicted octanol–water partition coefficient (Wildman–Crippen LogP) is 2.12. The van der Waals surface area contributed by atoms with E-state index in [4.69, 9.17) is 10.5 Å². The Balaban J connectivity index is 2.60. The van der Waals surface area contributed by atoms with Crippen LogP contribution in [0.1, 0.15) is 47.0 Å². The van der Waals surface area contributed by atoms with Gasteiger partial charge >= 0.3 is 6.09 Å². The minimum atomic E-state index is -0.422. The Morgan fingerprint density at radius 1 is 1.50 bits per heavy atom. The third kappa shape index (κ3) is 3.67. The van der Waals surface area contributed by atoms with Crippen LogP contribution in [-0.2, 0) is 4.74 Å². The maximum absolute atomic E-state index is 12.0. The molecule has 0 unspecified atom stereocenters. The van der Waals surface area contributed by atoms with Gasteiger partial charge in [0.2, 0.25) is 0 Å². The van der Waals surface area contributed by atoms with E-state index in [1.54, 1.807) is 0 Å². The molecule has 1 aliphatic heterocycles. The Labute approximate surface area is 98.1 Å². The molecule has 0 aromatic rings. The van der Waals surface area contributed by atoms with Gasteiger partial charge < -0.3 is 15.4 Å². The molecule has 0 bridgehead atoms. The maximum atomic E-state index is 12.0. The van der Waals surface area contributed by atoms with Crippen LogP contribution in [0.3, 0.4) is 0 Å². The first-order chi connectivity index (χ1) is 7.33. The molecule has 0 spiro atoms. The molecule has 0 aromatic carbocycles. The number of carbonyl (C=O) groups is 1. The molecule has 0 radical (unpaired) electrons. The van der Waals surface area contributed by atoms with Crippen LogP contribution in [-0.4, -0.2) is 35.2 Å². The van der Waals surface area contributed by atoms with E-state index in [9.17, 15) is 4.79 Å². The van der Waals surface area contributed by atoms with Crippen LogP contribution < -0.4 is 5.73 Å². The molecule has 0 saturated carbocycles. The number of hydrogen-bond acceptors (Lipinski definition) is 3. The molecule has 0 aliphatic carbocycles. The highest BCUT2D eigenvalue weighted by Crippen LogP contribution is 2.21. The second-order valence-electron chi connectivity index (χ2n) is 5.52. The summed E-state index contributed by atoms with van der Waals surface area (Å²) in [5.74, 6) is 0. The van der Waals surface area contributed by atoms with Gasteiger partial charge in [-0.1, -0.05) is 6.92 Å². The van der Waals surface area contributed by atoms with Gasteiger partial charge in [-0.05, 0) is 40.0 Å². The van der Waals surface area contributed by atoms with Crippen molar-refractivity contribution in [2.45, 2.75) is 64.6 Å². The lowest BCUT2D eigenvalue weighted by molar-refractivity contribution is 0.00790. The third-order valence-electron chi connectivity index (χ3n) is 2.86. The molecular weight excluding hydrogens is 204 g/mol. The monoisotopic (exact) mass is 228 g/mol. The Morgan fingerprint density at radius 2 is 2.12 bits per heavy atom. The number of carbonyl (C=O) groups excluding carboxylic acids is 1. The summed E-state index contributed by atoms with van der Waals surface area (Å²) in [7, 11) is 0. The molecule has 1 fully saturated rings. The van der Waals surface area contributed by atoms with Crippen molar-refractivity contribution >= 4 is 6.09 Å². The predicted molar refractivity (Wildman–Crippen MR) is 64.2 cm³/mol. The van der Waals surface area contributed by atoms with Crippen LogP contribution in [0.4, 0.5) is 4.79 Å². The largest absolute Gasteiger partial charge is 0.444 e. The van der Waals surface area contributed by atoms with Crippen molar-refractivity contribution in [3.05, 3.63) is 0 Å². The van der Waals surface area contributed by atoms with Crippen molar-refractivity contribution in [3.63, 3.8) is 0 Å². The average Bonchev–Trinajstić information content (AvgIpc) is 2.14. The number of hydrogen-bond donors (Lipinski definition) is 1. The fourth-order valence-electron chi connectivity index (χ4n) is 2.03. The van der Waals surface area contributed by atoms with Crippen LogP contribution in [0, 0.1) is 0 Å². The zero-order valence-electron chi connectivity index (χ0n) is 10.8. The molecule has 4 nitrogen and oxygen atoms in total. The number of rotatable bonds is 1. The standard InChI is InChI=1S/C12H24N2O2/c1-5-10-8-9(13)6-7-14(10)11(15)16-12(2,3)4/h9-10H,5-8,13H2,1-4H3/t9-,10-/m0/s1. The van der Waals surface area contributed by atoms with Crippen LogP contribution in [0.15, 0.2) is 0 Å². The minimum Gasteiger partial charge on any atom is -0.444 e. The first-order valence-corrected chi connectivity index (χ1v) is 6.08. The summed E-state index contributed by atoms with van der Waals surface area (Å²) in [6.45, 7) is 8.47. The van der Waals surface area contributed by atoms with Gasteiger partial charge in [0.25, 0.3) is 0 Å². The van der Waals surface area contributed by atoms with Crippen molar-refractivity contribution in [1.82, 2.24) is 4.90 Å². The van der Waals surface area contributed by atoms with E-state index in [0.29, 0.717) is 6.54 Å². The Bertz CT molecular complexity index is 248. The molecule has 2 N–H and O–H groups in total. The van der Waals surface area contributed by atoms with E-state index in [-0.39, 0.29) is 18.2 Å². The van der Waals surface area contributed by atoms with E-state index < -0.39 is 5.60 Å². The van der Waals surface area contributed by atoms with Gasteiger partial charge in [-0.2, -0.15) is 0 Å². The van der Waals surface area contributed by atoms with Gasteiger partial charge in [0, 0.05) is 18.6 Å². The van der Waals surface area contributed by atoms with Crippen LogP contribution in [0.5, 0.6) is 0 Å². The third-order valence-corrected chi connectivity index (χ3v) is 2.86. The molecule has 4 heteroatoms. The molecule has 1 heterocycles. The van der Waals surface area contributed by atoms with Gasteiger partial charge in [-0.25, -0.2) is 4.79 Å². The van der Waals surface area contributed by atoms with E-state index >= 15 is 0 Å². The highest BCUT2D eigenvalue weighted by molar-refractivity contribution is 5.68. The summed E-state index contributed by atoms with van der Waals surface area (Å²) >= 11 is 0. The second kappa shape index (κ2) is 5.04. The summed E-state index contributed by atoms with van der Waals surface area (Å²) in [5, 5.41) is 0. The topological polar surface area (TPSA) is 55.6 Å². The highest BCUT2D eigenvalue weighted by Gasteiger charge is 2.31. The zero-order valence-corrected chi connectivity index (χ0v) is 10.8. The molecule has 16 heavy (non-hydrogen) atoms. The molecule has 2 atom stereocenters. The quantitative estimate of drug-likeness (QED) is 0.748. The molecule has 0 aromatic heterocycles. The summed E-state index contributed by atoms with van der Waals surface area (Å²) in [4.78, 5) is 13.8. The second-order valence-corrected chi connectivity index (χ2v) is 5.52. The Hall–Kier alpha value is -0.770. The fraction of sp³-hybridized carbons (Fsp3) is 0.917. The number of likely N-dealkylation sites (tertiary alicyclic amines) is 1. The number of piperidine rings is 1. The lowest BCUT2D eigenvalue weighted by atomic mass is 9.96. The van der Waals surface area contributed by atoms with E-state index in [2.05, 4.69) is 6.92 Å². The lowest BCUT2D eigenvalue weighted by Gasteiger charge is -2.38. The number of amides is 1. The van der Waals surface area contributed by atoms with Crippen LogP contribution in [0.2, 0.25) is 0 Å². The fourth-order valence-corrected chi connectivity index (χ4v) is 2.03. The van der Waals surface area contributed by atoms with Gasteiger partial charge in [0.15, 0.2) is 0 Å². The molecule has 1 saturated heterocycles. The molecule has 1 rings (SSSR count). The van der Waals surface area contributed by atoms with Crippen LogP contribution >= 0.6 is 0 Å². The van der Waals surface area contributed by atoms with Gasteiger partial charge in [0.1, 0.15) is 5.60 Å². The molecule has 94 valence electrons. The number of nitrogens with zero attached hydrogens (tertiary/aromatic N) is 1. The SMILES string of the molecule is CC[C@H]1C[C@@H](N)CCN1C(=O)OC(C)(C)C. The first kappa shape index (κ1) is 13.3. The van der Waals surface area contributed by atoms with E-state index in [0.717, 1.165) is 19.3 Å². The lowest BCUT2D eigenvalue weighted by Crippen LogP contribution is -2.50. The van der Waals surface area contributed by atoms with E-state index in [1.165, 1.54) is 0 Å². The van der Waals surface area contributed by atoms with Gasteiger partial charge in [-0.3, -0.25) is 0 Å². The van der Waals surface area contributed by atoms with Crippen LogP contribution in [0.25, 0.3) is 0 Å². The number of nitrogens with two attached hydrogens (primary N) is 1. The van der Waals surface area contributed by atoms with Crippen molar-refractivity contribution < 1.29 is 9.53 Å². The van der Waals surface area contributed by atoms with Gasteiger partial charge in [-0.15, -0.1) is 0 Å². The average molecular weight is 228 g/mol. The summed E-state index contributed by atoms with van der Waals surface area (Å²) in [6, 6.07) is 0.460. The summed E-state index contributed by atoms with van der Waals surface area (Å²) < 4.78 is 5.39. The van der Waals surface area contributed by atoms with Crippen molar-refractivity contribution in [2.75, 3.05) is 6.54 Å². The summed E-state index contributed by atoms with van der Waals surface area (Å²) in [5.41, 5.74) is 5.49. The van der Waals surface area contributed by atoms with Gasteiger partial charge in [0.05, 0.1) is 0 Å². The molecular formula is C12H24N2O2. The van der Waals surface area contributed by atoms with Crippen molar-refractivity contribution in [1.29, 1.82) is 0 Å². The minimum absolute atomic E-state index is 0.203. The van der Waals surface area contributed by atoms with Crippen molar-refractivity contribution in [3.8, 4) is 0 Å². The number of ether oxygens (including phenoxy) is 1.